The Morgan fingerprint density at radius 3 is 2.31 bits per heavy atom. The van der Waals surface area contributed by atoms with Gasteiger partial charge in [-0.1, -0.05) is 51.9 Å². The Labute approximate surface area is 100 Å². The Balaban J connectivity index is 2.15. The number of aliphatic hydroxyl groups is 2. The molecular weight excluding hydrogens is 200 g/mol. The molecule has 96 valence electrons. The van der Waals surface area contributed by atoms with Gasteiger partial charge in [0.15, 0.2) is 0 Å². The number of hydrogen-bond donors (Lipinski definition) is 2. The van der Waals surface area contributed by atoms with E-state index in [1.165, 1.54) is 38.5 Å². The normalized spacial score (nSPS) is 21.9. The minimum Gasteiger partial charge on any atom is -0.390 e. The van der Waals surface area contributed by atoms with Gasteiger partial charge in [-0.05, 0) is 25.2 Å². The summed E-state index contributed by atoms with van der Waals surface area (Å²) in [5.41, 5.74) is 0. The van der Waals surface area contributed by atoms with Crippen LogP contribution in [0.5, 0.6) is 0 Å². The lowest BCUT2D eigenvalue weighted by molar-refractivity contribution is -0.0314. The van der Waals surface area contributed by atoms with Crippen LogP contribution >= 0.6 is 0 Å². The van der Waals surface area contributed by atoms with Crippen LogP contribution in [0.15, 0.2) is 0 Å². The fourth-order valence-electron chi connectivity index (χ4n) is 2.74. The maximum Gasteiger partial charge on any atom is 0.0827 e. The van der Waals surface area contributed by atoms with Crippen LogP contribution in [0.25, 0.3) is 0 Å². The molecule has 0 aliphatic heterocycles. The molecule has 2 unspecified atom stereocenters. The molecule has 0 aromatic rings. The lowest BCUT2D eigenvalue weighted by Gasteiger charge is -2.29. The summed E-state index contributed by atoms with van der Waals surface area (Å²) in [5, 5.41) is 20.0. The second kappa shape index (κ2) is 8.08. The molecule has 2 N–H and O–H groups in total. The molecule has 0 aromatic carbocycles. The van der Waals surface area contributed by atoms with E-state index in [0.717, 1.165) is 25.7 Å². The fraction of sp³-hybridized carbons (Fsp3) is 1.00. The molecule has 16 heavy (non-hydrogen) atoms. The standard InChI is InChI=1S/C14H28O2/c1-2-3-4-8-11-13(15)14(16)12-9-6-5-7-10-12/h12-16H,2-11H2,1H3. The highest BCUT2D eigenvalue weighted by Crippen LogP contribution is 2.28. The first kappa shape index (κ1) is 14.0. The first-order valence-corrected chi connectivity index (χ1v) is 7.11. The monoisotopic (exact) mass is 228 g/mol. The van der Waals surface area contributed by atoms with Crippen LogP contribution in [0.2, 0.25) is 0 Å². The molecule has 0 saturated heterocycles. The minimum atomic E-state index is -0.486. The molecule has 1 aliphatic carbocycles. The maximum atomic E-state index is 10.0. The molecule has 2 nitrogen and oxygen atoms in total. The average molecular weight is 228 g/mol. The molecule has 1 aliphatic rings. The summed E-state index contributed by atoms with van der Waals surface area (Å²) in [6, 6.07) is 0. The number of unbranched alkanes of at least 4 members (excludes halogenated alkanes) is 3. The van der Waals surface area contributed by atoms with E-state index in [0.29, 0.717) is 5.92 Å². The Morgan fingerprint density at radius 1 is 1.00 bits per heavy atom. The summed E-state index contributed by atoms with van der Waals surface area (Å²) in [6.07, 6.45) is 10.5. The molecule has 1 fully saturated rings. The summed E-state index contributed by atoms with van der Waals surface area (Å²) >= 11 is 0. The van der Waals surface area contributed by atoms with Crippen molar-refractivity contribution in [2.45, 2.75) is 83.3 Å². The Hall–Kier alpha value is -0.0800. The lowest BCUT2D eigenvalue weighted by Crippen LogP contribution is -2.34. The van der Waals surface area contributed by atoms with Crippen LogP contribution in [0.4, 0.5) is 0 Å². The van der Waals surface area contributed by atoms with Gasteiger partial charge in [-0.15, -0.1) is 0 Å². The van der Waals surface area contributed by atoms with Crippen LogP contribution in [0, 0.1) is 5.92 Å². The van der Waals surface area contributed by atoms with Crippen LogP contribution in [0.3, 0.4) is 0 Å². The van der Waals surface area contributed by atoms with Crippen molar-refractivity contribution in [3.8, 4) is 0 Å². The van der Waals surface area contributed by atoms with E-state index in [9.17, 15) is 10.2 Å². The second-order valence-corrected chi connectivity index (χ2v) is 5.31. The largest absolute Gasteiger partial charge is 0.390 e. The van der Waals surface area contributed by atoms with Gasteiger partial charge in [-0.2, -0.15) is 0 Å². The number of aliphatic hydroxyl groups excluding tert-OH is 2. The molecule has 0 radical (unpaired) electrons. The van der Waals surface area contributed by atoms with Gasteiger partial charge < -0.3 is 10.2 Å². The van der Waals surface area contributed by atoms with E-state index in [1.54, 1.807) is 0 Å². The third-order valence-corrected chi connectivity index (χ3v) is 3.88. The molecule has 2 atom stereocenters. The molecule has 0 aromatic heterocycles. The van der Waals surface area contributed by atoms with Gasteiger partial charge in [-0.3, -0.25) is 0 Å². The van der Waals surface area contributed by atoms with Crippen LogP contribution in [-0.2, 0) is 0 Å². The van der Waals surface area contributed by atoms with E-state index in [4.69, 9.17) is 0 Å². The summed E-state index contributed by atoms with van der Waals surface area (Å²) in [5.74, 6) is 0.356. The average Bonchev–Trinajstić information content (AvgIpc) is 2.34. The van der Waals surface area contributed by atoms with Crippen molar-refractivity contribution in [2.24, 2.45) is 5.92 Å². The summed E-state index contributed by atoms with van der Waals surface area (Å²) in [6.45, 7) is 2.19. The molecule has 0 spiro atoms. The molecule has 0 amide bonds. The van der Waals surface area contributed by atoms with Gasteiger partial charge in [-0.25, -0.2) is 0 Å². The maximum absolute atomic E-state index is 10.0. The molecule has 2 heteroatoms. The van der Waals surface area contributed by atoms with Crippen LogP contribution in [0.1, 0.15) is 71.1 Å². The Bertz CT molecular complexity index is 164. The van der Waals surface area contributed by atoms with Crippen molar-refractivity contribution in [1.82, 2.24) is 0 Å². The molecule has 0 bridgehead atoms. The van der Waals surface area contributed by atoms with E-state index < -0.39 is 12.2 Å². The summed E-state index contributed by atoms with van der Waals surface area (Å²) in [7, 11) is 0. The van der Waals surface area contributed by atoms with Crippen LogP contribution in [-0.4, -0.2) is 22.4 Å². The quantitative estimate of drug-likeness (QED) is 0.657. The smallest absolute Gasteiger partial charge is 0.0827 e. The summed E-state index contributed by atoms with van der Waals surface area (Å²) < 4.78 is 0. The third-order valence-electron chi connectivity index (χ3n) is 3.88. The van der Waals surface area contributed by atoms with E-state index in [2.05, 4.69) is 6.92 Å². The molecule has 1 saturated carbocycles. The van der Waals surface area contributed by atoms with Gasteiger partial charge >= 0.3 is 0 Å². The fourth-order valence-corrected chi connectivity index (χ4v) is 2.74. The van der Waals surface area contributed by atoms with Crippen molar-refractivity contribution in [2.75, 3.05) is 0 Å². The zero-order valence-electron chi connectivity index (χ0n) is 10.7. The second-order valence-electron chi connectivity index (χ2n) is 5.31. The van der Waals surface area contributed by atoms with Gasteiger partial charge in [0.05, 0.1) is 12.2 Å². The number of hydrogen-bond acceptors (Lipinski definition) is 2. The first-order valence-electron chi connectivity index (χ1n) is 7.11. The van der Waals surface area contributed by atoms with Gasteiger partial charge in [0, 0.05) is 0 Å². The minimum absolute atomic E-state index is 0.356. The molecule has 1 rings (SSSR count). The lowest BCUT2D eigenvalue weighted by atomic mass is 9.82. The van der Waals surface area contributed by atoms with E-state index in [1.807, 2.05) is 0 Å². The molecule has 0 heterocycles. The van der Waals surface area contributed by atoms with Crippen molar-refractivity contribution >= 4 is 0 Å². The van der Waals surface area contributed by atoms with E-state index in [-0.39, 0.29) is 0 Å². The zero-order valence-corrected chi connectivity index (χ0v) is 10.7. The highest BCUT2D eigenvalue weighted by atomic mass is 16.3. The Morgan fingerprint density at radius 2 is 1.69 bits per heavy atom. The summed E-state index contributed by atoms with van der Waals surface area (Å²) in [4.78, 5) is 0. The first-order chi connectivity index (χ1) is 7.75. The van der Waals surface area contributed by atoms with Crippen molar-refractivity contribution < 1.29 is 10.2 Å². The number of rotatable bonds is 7. The predicted molar refractivity (Wildman–Crippen MR) is 67.3 cm³/mol. The zero-order chi connectivity index (χ0) is 11.8. The van der Waals surface area contributed by atoms with Gasteiger partial charge in [0.25, 0.3) is 0 Å². The highest BCUT2D eigenvalue weighted by molar-refractivity contribution is 4.78. The molecular formula is C14H28O2. The van der Waals surface area contributed by atoms with Crippen LogP contribution < -0.4 is 0 Å². The van der Waals surface area contributed by atoms with Crippen molar-refractivity contribution in [3.05, 3.63) is 0 Å². The Kier molecular flexibility index (Phi) is 7.06. The van der Waals surface area contributed by atoms with Crippen molar-refractivity contribution in [3.63, 3.8) is 0 Å². The topological polar surface area (TPSA) is 40.5 Å². The highest BCUT2D eigenvalue weighted by Gasteiger charge is 2.26. The predicted octanol–water partition coefficient (Wildman–Crippen LogP) is 3.26. The van der Waals surface area contributed by atoms with E-state index >= 15 is 0 Å². The van der Waals surface area contributed by atoms with Crippen molar-refractivity contribution in [1.29, 1.82) is 0 Å². The third kappa shape index (κ3) is 4.84. The SMILES string of the molecule is CCCCCCC(O)C(O)C1CCCCC1. The van der Waals surface area contributed by atoms with Gasteiger partial charge in [0.2, 0.25) is 0 Å². The van der Waals surface area contributed by atoms with Gasteiger partial charge in [0.1, 0.15) is 0 Å².